The predicted molar refractivity (Wildman–Crippen MR) is 85.0 cm³/mol. The molecule has 4 heteroatoms. The van der Waals surface area contributed by atoms with E-state index in [2.05, 4.69) is 10.3 Å². The minimum absolute atomic E-state index is 0.0351. The lowest BCUT2D eigenvalue weighted by Crippen LogP contribution is -2.24. The highest BCUT2D eigenvalue weighted by Gasteiger charge is 2.11. The molecular formula is C18H18N2O2. The van der Waals surface area contributed by atoms with E-state index < -0.39 is 0 Å². The van der Waals surface area contributed by atoms with Crippen molar-refractivity contribution in [3.8, 4) is 11.5 Å². The smallest absolute Gasteiger partial charge is 0.226 e. The molecule has 0 spiro atoms. The first-order chi connectivity index (χ1) is 10.9. The number of oxazole rings is 1. The zero-order valence-corrected chi connectivity index (χ0v) is 12.1. The van der Waals surface area contributed by atoms with Crippen LogP contribution in [0.4, 0.5) is 0 Å². The van der Waals surface area contributed by atoms with Crippen molar-refractivity contribution >= 4 is 0 Å². The first-order valence-electron chi connectivity index (χ1n) is 7.26. The summed E-state index contributed by atoms with van der Waals surface area (Å²) in [5.74, 6) is 0.609. The van der Waals surface area contributed by atoms with Crippen molar-refractivity contribution in [1.29, 1.82) is 0 Å². The minimum Gasteiger partial charge on any atom is -0.444 e. The van der Waals surface area contributed by atoms with Crippen LogP contribution in [0.15, 0.2) is 71.3 Å². The molecule has 3 aromatic rings. The van der Waals surface area contributed by atoms with Crippen LogP contribution in [0.2, 0.25) is 0 Å². The van der Waals surface area contributed by atoms with Crippen LogP contribution in [0.3, 0.4) is 0 Å². The highest BCUT2D eigenvalue weighted by atomic mass is 16.3. The van der Waals surface area contributed by atoms with E-state index in [1.807, 2.05) is 60.7 Å². The molecule has 0 saturated carbocycles. The molecule has 1 heterocycles. The maximum absolute atomic E-state index is 9.53. The summed E-state index contributed by atoms with van der Waals surface area (Å²) in [5, 5.41) is 12.8. The van der Waals surface area contributed by atoms with Crippen molar-refractivity contribution in [1.82, 2.24) is 10.3 Å². The van der Waals surface area contributed by atoms with Crippen molar-refractivity contribution in [3.05, 3.63) is 78.2 Å². The summed E-state index contributed by atoms with van der Waals surface area (Å²) >= 11 is 0. The average molecular weight is 294 g/mol. The number of nitrogens with zero attached hydrogens (tertiary/aromatic N) is 1. The molecule has 4 nitrogen and oxygen atoms in total. The second-order valence-corrected chi connectivity index (χ2v) is 5.04. The van der Waals surface area contributed by atoms with Gasteiger partial charge in [-0.2, -0.15) is 0 Å². The van der Waals surface area contributed by atoms with Gasteiger partial charge in [-0.1, -0.05) is 48.5 Å². The lowest BCUT2D eigenvalue weighted by atomic mass is 10.1. The third kappa shape index (κ3) is 3.42. The third-order valence-corrected chi connectivity index (χ3v) is 3.49. The Labute approximate surface area is 129 Å². The topological polar surface area (TPSA) is 58.3 Å². The Morgan fingerprint density at radius 3 is 2.36 bits per heavy atom. The van der Waals surface area contributed by atoms with E-state index in [0.29, 0.717) is 12.4 Å². The van der Waals surface area contributed by atoms with E-state index in [1.54, 1.807) is 6.26 Å². The molecule has 0 fully saturated rings. The summed E-state index contributed by atoms with van der Waals surface area (Å²) in [5.41, 5.74) is 2.82. The van der Waals surface area contributed by atoms with Crippen LogP contribution in [-0.4, -0.2) is 16.7 Å². The van der Waals surface area contributed by atoms with Gasteiger partial charge >= 0.3 is 0 Å². The number of aliphatic hydroxyl groups excluding tert-OH is 1. The van der Waals surface area contributed by atoms with Gasteiger partial charge in [-0.05, 0) is 17.7 Å². The van der Waals surface area contributed by atoms with Gasteiger partial charge in [-0.25, -0.2) is 4.98 Å². The lowest BCUT2D eigenvalue weighted by Gasteiger charge is -2.15. The lowest BCUT2D eigenvalue weighted by molar-refractivity contribution is 0.243. The quantitative estimate of drug-likeness (QED) is 0.733. The second kappa shape index (κ2) is 7.02. The highest BCUT2D eigenvalue weighted by molar-refractivity contribution is 5.52. The van der Waals surface area contributed by atoms with Gasteiger partial charge in [0.25, 0.3) is 0 Å². The fraction of sp³-hybridized carbons (Fsp3) is 0.167. The van der Waals surface area contributed by atoms with Crippen LogP contribution >= 0.6 is 0 Å². The molecule has 1 atom stereocenters. The van der Waals surface area contributed by atoms with Crippen LogP contribution in [0, 0.1) is 0 Å². The summed E-state index contributed by atoms with van der Waals surface area (Å²) in [7, 11) is 0. The van der Waals surface area contributed by atoms with Crippen LogP contribution < -0.4 is 5.32 Å². The monoisotopic (exact) mass is 294 g/mol. The molecule has 112 valence electrons. The van der Waals surface area contributed by atoms with Gasteiger partial charge in [0.2, 0.25) is 5.89 Å². The fourth-order valence-electron chi connectivity index (χ4n) is 2.30. The number of rotatable bonds is 6. The number of benzene rings is 2. The number of aliphatic hydroxyl groups is 1. The Morgan fingerprint density at radius 2 is 1.68 bits per heavy atom. The zero-order valence-electron chi connectivity index (χ0n) is 12.1. The summed E-state index contributed by atoms with van der Waals surface area (Å²) < 4.78 is 5.51. The first-order valence-corrected chi connectivity index (χ1v) is 7.26. The molecule has 0 saturated heterocycles. The molecule has 0 aliphatic heterocycles. The van der Waals surface area contributed by atoms with Crippen molar-refractivity contribution in [2.45, 2.75) is 12.6 Å². The van der Waals surface area contributed by atoms with E-state index in [1.165, 1.54) is 0 Å². The number of aromatic nitrogens is 1. The van der Waals surface area contributed by atoms with E-state index in [4.69, 9.17) is 4.42 Å². The van der Waals surface area contributed by atoms with Crippen LogP contribution in [0.1, 0.15) is 17.3 Å². The largest absolute Gasteiger partial charge is 0.444 e. The summed E-state index contributed by atoms with van der Waals surface area (Å²) in [6.07, 6.45) is 1.65. The Morgan fingerprint density at radius 1 is 1.00 bits per heavy atom. The van der Waals surface area contributed by atoms with Crippen molar-refractivity contribution in [3.63, 3.8) is 0 Å². The van der Waals surface area contributed by atoms with Crippen LogP contribution in [0.25, 0.3) is 11.5 Å². The Hall–Kier alpha value is -2.43. The molecule has 3 rings (SSSR count). The van der Waals surface area contributed by atoms with Gasteiger partial charge in [-0.3, -0.25) is 0 Å². The number of hydrogen-bond donors (Lipinski definition) is 2. The molecule has 0 radical (unpaired) electrons. The SMILES string of the molecule is OCC(NCc1coc(-c2ccccc2)n1)c1ccccc1. The normalized spacial score (nSPS) is 12.2. The second-order valence-electron chi connectivity index (χ2n) is 5.04. The zero-order chi connectivity index (χ0) is 15.2. The Kier molecular flexibility index (Phi) is 4.63. The summed E-state index contributed by atoms with van der Waals surface area (Å²) in [4.78, 5) is 4.47. The fourth-order valence-corrected chi connectivity index (χ4v) is 2.30. The third-order valence-electron chi connectivity index (χ3n) is 3.49. The van der Waals surface area contributed by atoms with Crippen molar-refractivity contribution in [2.75, 3.05) is 6.61 Å². The molecule has 0 bridgehead atoms. The van der Waals surface area contributed by atoms with Crippen molar-refractivity contribution in [2.24, 2.45) is 0 Å². The Balaban J connectivity index is 1.65. The number of hydrogen-bond acceptors (Lipinski definition) is 4. The Bertz CT molecular complexity index is 695. The van der Waals surface area contributed by atoms with E-state index in [-0.39, 0.29) is 12.6 Å². The first kappa shape index (κ1) is 14.5. The highest BCUT2D eigenvalue weighted by Crippen LogP contribution is 2.18. The molecule has 0 amide bonds. The maximum Gasteiger partial charge on any atom is 0.226 e. The average Bonchev–Trinajstić information content (AvgIpc) is 3.06. The molecule has 2 aromatic carbocycles. The van der Waals surface area contributed by atoms with Crippen LogP contribution in [0.5, 0.6) is 0 Å². The molecule has 1 unspecified atom stereocenters. The maximum atomic E-state index is 9.53. The number of nitrogens with one attached hydrogen (secondary N) is 1. The molecule has 2 N–H and O–H groups in total. The predicted octanol–water partition coefficient (Wildman–Crippen LogP) is 3.16. The molecule has 0 aliphatic rings. The molecular weight excluding hydrogens is 276 g/mol. The molecule has 22 heavy (non-hydrogen) atoms. The standard InChI is InChI=1S/C18H18N2O2/c21-12-17(14-7-3-1-4-8-14)19-11-16-13-22-18(20-16)15-9-5-2-6-10-15/h1-10,13,17,19,21H,11-12H2. The van der Waals surface area contributed by atoms with Gasteiger partial charge in [0.05, 0.1) is 18.3 Å². The van der Waals surface area contributed by atoms with Gasteiger partial charge in [0, 0.05) is 12.1 Å². The van der Waals surface area contributed by atoms with E-state index >= 15 is 0 Å². The van der Waals surface area contributed by atoms with Crippen molar-refractivity contribution < 1.29 is 9.52 Å². The van der Waals surface area contributed by atoms with Gasteiger partial charge in [0.15, 0.2) is 0 Å². The van der Waals surface area contributed by atoms with E-state index in [0.717, 1.165) is 16.8 Å². The minimum atomic E-state index is -0.113. The van der Waals surface area contributed by atoms with Gasteiger partial charge in [-0.15, -0.1) is 0 Å². The summed E-state index contributed by atoms with van der Waals surface area (Å²) in [6, 6.07) is 19.5. The molecule has 0 aliphatic carbocycles. The van der Waals surface area contributed by atoms with Crippen LogP contribution in [-0.2, 0) is 6.54 Å². The van der Waals surface area contributed by atoms with E-state index in [9.17, 15) is 5.11 Å². The van der Waals surface area contributed by atoms with Gasteiger partial charge in [0.1, 0.15) is 6.26 Å². The molecule has 1 aromatic heterocycles. The summed E-state index contributed by atoms with van der Waals surface area (Å²) in [6.45, 7) is 0.573. The van der Waals surface area contributed by atoms with Gasteiger partial charge < -0.3 is 14.8 Å².